The van der Waals surface area contributed by atoms with E-state index in [-0.39, 0.29) is 24.4 Å². The van der Waals surface area contributed by atoms with Gasteiger partial charge in [-0.25, -0.2) is 0 Å². The number of carbonyl (C=O) groups is 1. The molecule has 3 unspecified atom stereocenters. The molecule has 1 amide bonds. The summed E-state index contributed by atoms with van der Waals surface area (Å²) in [5, 5.41) is 6.54. The maximum atomic E-state index is 12.5. The fourth-order valence-electron chi connectivity index (χ4n) is 3.69. The van der Waals surface area contributed by atoms with Crippen LogP contribution in [-0.4, -0.2) is 18.5 Å². The first-order chi connectivity index (χ1) is 9.16. The Morgan fingerprint density at radius 2 is 1.95 bits per heavy atom. The highest BCUT2D eigenvalue weighted by atomic mass is 35.5. The van der Waals surface area contributed by atoms with Gasteiger partial charge in [0.15, 0.2) is 0 Å². The highest BCUT2D eigenvalue weighted by Gasteiger charge is 2.42. The Bertz CT molecular complexity index is 483. The monoisotopic (exact) mass is 294 g/mol. The van der Waals surface area contributed by atoms with E-state index in [0.29, 0.717) is 11.8 Å². The van der Waals surface area contributed by atoms with E-state index in [9.17, 15) is 4.79 Å². The third-order valence-corrected chi connectivity index (χ3v) is 4.76. The van der Waals surface area contributed by atoms with E-state index >= 15 is 0 Å². The molecule has 1 aliphatic heterocycles. The Balaban J connectivity index is 0.00000147. The van der Waals surface area contributed by atoms with Gasteiger partial charge in [-0.3, -0.25) is 4.79 Å². The Labute approximate surface area is 126 Å². The van der Waals surface area contributed by atoms with Crippen molar-refractivity contribution in [2.75, 3.05) is 11.9 Å². The minimum atomic E-state index is 0. The summed E-state index contributed by atoms with van der Waals surface area (Å²) >= 11 is 0. The number of benzene rings is 1. The van der Waals surface area contributed by atoms with Crippen molar-refractivity contribution < 1.29 is 4.79 Å². The number of anilines is 1. The van der Waals surface area contributed by atoms with E-state index in [4.69, 9.17) is 0 Å². The first kappa shape index (κ1) is 15.3. The Kier molecular flexibility index (Phi) is 4.71. The molecule has 0 spiro atoms. The van der Waals surface area contributed by atoms with Gasteiger partial charge in [-0.1, -0.05) is 24.6 Å². The molecule has 1 heterocycles. The molecular formula is C16H23ClN2O. The van der Waals surface area contributed by atoms with Gasteiger partial charge in [-0.15, -0.1) is 12.4 Å². The van der Waals surface area contributed by atoms with Gasteiger partial charge in [0, 0.05) is 5.69 Å². The number of nitrogens with one attached hydrogen (secondary N) is 2. The zero-order chi connectivity index (χ0) is 13.4. The van der Waals surface area contributed by atoms with Crippen molar-refractivity contribution in [2.45, 2.75) is 39.2 Å². The van der Waals surface area contributed by atoms with E-state index in [2.05, 4.69) is 10.6 Å². The lowest BCUT2D eigenvalue weighted by atomic mass is 9.93. The van der Waals surface area contributed by atoms with E-state index in [1.807, 2.05) is 32.0 Å². The van der Waals surface area contributed by atoms with Crippen molar-refractivity contribution in [3.8, 4) is 0 Å². The largest absolute Gasteiger partial charge is 0.324 e. The minimum Gasteiger partial charge on any atom is -0.324 e. The molecule has 3 atom stereocenters. The Hall–Kier alpha value is -1.06. The fraction of sp³-hybridized carbons (Fsp3) is 0.562. The number of hydrogen-bond donors (Lipinski definition) is 2. The smallest absolute Gasteiger partial charge is 0.241 e. The number of amides is 1. The molecule has 4 heteroatoms. The second-order valence-electron chi connectivity index (χ2n) is 6.00. The summed E-state index contributed by atoms with van der Waals surface area (Å²) in [4.78, 5) is 12.5. The van der Waals surface area contributed by atoms with Crippen LogP contribution in [0.15, 0.2) is 18.2 Å². The maximum Gasteiger partial charge on any atom is 0.241 e. The molecule has 20 heavy (non-hydrogen) atoms. The highest BCUT2D eigenvalue weighted by Crippen LogP contribution is 2.38. The summed E-state index contributed by atoms with van der Waals surface area (Å²) in [6, 6.07) is 6.12. The molecular weight excluding hydrogens is 272 g/mol. The van der Waals surface area contributed by atoms with Gasteiger partial charge in [0.2, 0.25) is 5.91 Å². The number of halogens is 1. The third kappa shape index (κ3) is 2.70. The van der Waals surface area contributed by atoms with E-state index < -0.39 is 0 Å². The van der Waals surface area contributed by atoms with E-state index in [1.165, 1.54) is 19.3 Å². The van der Waals surface area contributed by atoms with Crippen LogP contribution in [0.4, 0.5) is 5.69 Å². The number of para-hydroxylation sites is 1. The summed E-state index contributed by atoms with van der Waals surface area (Å²) in [7, 11) is 0. The number of aryl methyl sites for hydroxylation is 2. The summed E-state index contributed by atoms with van der Waals surface area (Å²) in [6.07, 6.45) is 3.76. The average Bonchev–Trinajstić information content (AvgIpc) is 2.95. The van der Waals surface area contributed by atoms with Crippen LogP contribution in [0.5, 0.6) is 0 Å². The van der Waals surface area contributed by atoms with Gasteiger partial charge in [-0.2, -0.15) is 0 Å². The molecule has 0 aromatic heterocycles. The van der Waals surface area contributed by atoms with Gasteiger partial charge in [0.05, 0.1) is 6.04 Å². The molecule has 2 aliphatic rings. The van der Waals surface area contributed by atoms with Crippen molar-refractivity contribution in [1.29, 1.82) is 0 Å². The van der Waals surface area contributed by atoms with Gasteiger partial charge in [0.25, 0.3) is 0 Å². The van der Waals surface area contributed by atoms with Gasteiger partial charge >= 0.3 is 0 Å². The summed E-state index contributed by atoms with van der Waals surface area (Å²) in [5.41, 5.74) is 3.25. The highest BCUT2D eigenvalue weighted by molar-refractivity contribution is 5.96. The second-order valence-corrected chi connectivity index (χ2v) is 6.00. The van der Waals surface area contributed by atoms with Crippen molar-refractivity contribution in [2.24, 2.45) is 11.8 Å². The molecule has 0 bridgehead atoms. The van der Waals surface area contributed by atoms with Gasteiger partial charge < -0.3 is 10.6 Å². The second kappa shape index (κ2) is 6.15. The quantitative estimate of drug-likeness (QED) is 0.880. The summed E-state index contributed by atoms with van der Waals surface area (Å²) < 4.78 is 0. The predicted octanol–water partition coefficient (Wildman–Crippen LogP) is 3.05. The first-order valence-corrected chi connectivity index (χ1v) is 7.27. The summed E-state index contributed by atoms with van der Waals surface area (Å²) in [5.74, 6) is 1.41. The summed E-state index contributed by atoms with van der Waals surface area (Å²) in [6.45, 7) is 5.10. The zero-order valence-corrected chi connectivity index (χ0v) is 12.9. The predicted molar refractivity (Wildman–Crippen MR) is 84.4 cm³/mol. The van der Waals surface area contributed by atoms with Crippen LogP contribution >= 0.6 is 12.4 Å². The molecule has 0 radical (unpaired) electrons. The lowest BCUT2D eigenvalue weighted by Gasteiger charge is -2.19. The van der Waals surface area contributed by atoms with Crippen molar-refractivity contribution in [3.05, 3.63) is 29.3 Å². The van der Waals surface area contributed by atoms with Crippen molar-refractivity contribution >= 4 is 24.0 Å². The number of hydrogen-bond acceptors (Lipinski definition) is 2. The lowest BCUT2D eigenvalue weighted by Crippen LogP contribution is -2.40. The number of fused-ring (bicyclic) bond motifs is 1. The van der Waals surface area contributed by atoms with Crippen LogP contribution < -0.4 is 10.6 Å². The van der Waals surface area contributed by atoms with Crippen LogP contribution in [0.1, 0.15) is 30.4 Å². The SMILES string of the molecule is Cc1cccc(C)c1NC(=O)C1NCC2CCCC21.Cl. The van der Waals surface area contributed by atoms with Crippen molar-refractivity contribution in [1.82, 2.24) is 5.32 Å². The van der Waals surface area contributed by atoms with Gasteiger partial charge in [0.1, 0.15) is 0 Å². The molecule has 1 saturated heterocycles. The van der Waals surface area contributed by atoms with E-state index in [0.717, 1.165) is 23.4 Å². The average molecular weight is 295 g/mol. The molecule has 1 aliphatic carbocycles. The Morgan fingerprint density at radius 1 is 1.25 bits per heavy atom. The molecule has 2 fully saturated rings. The third-order valence-electron chi connectivity index (χ3n) is 4.76. The number of rotatable bonds is 2. The normalized spacial score (nSPS) is 27.8. The van der Waals surface area contributed by atoms with Gasteiger partial charge in [-0.05, 0) is 56.2 Å². The molecule has 3 nitrogen and oxygen atoms in total. The number of carbonyl (C=O) groups excluding carboxylic acids is 1. The van der Waals surface area contributed by atoms with Crippen LogP contribution in [0.25, 0.3) is 0 Å². The molecule has 1 aromatic carbocycles. The van der Waals surface area contributed by atoms with Crippen LogP contribution in [-0.2, 0) is 4.79 Å². The van der Waals surface area contributed by atoms with Crippen LogP contribution in [0.3, 0.4) is 0 Å². The zero-order valence-electron chi connectivity index (χ0n) is 12.1. The molecule has 3 rings (SSSR count). The fourth-order valence-corrected chi connectivity index (χ4v) is 3.69. The molecule has 2 N–H and O–H groups in total. The van der Waals surface area contributed by atoms with Crippen LogP contribution in [0.2, 0.25) is 0 Å². The minimum absolute atomic E-state index is 0. The topological polar surface area (TPSA) is 41.1 Å². The standard InChI is InChI=1S/C16H22N2O.ClH/c1-10-5-3-6-11(2)14(10)18-16(19)15-13-8-4-7-12(13)9-17-15;/h3,5-6,12-13,15,17H,4,7-9H2,1-2H3,(H,18,19);1H. The molecule has 1 saturated carbocycles. The molecule has 110 valence electrons. The Morgan fingerprint density at radius 3 is 2.65 bits per heavy atom. The first-order valence-electron chi connectivity index (χ1n) is 7.27. The molecule has 1 aromatic rings. The van der Waals surface area contributed by atoms with E-state index in [1.54, 1.807) is 0 Å². The van der Waals surface area contributed by atoms with Crippen LogP contribution in [0, 0.1) is 25.7 Å². The maximum absolute atomic E-state index is 12.5. The lowest BCUT2D eigenvalue weighted by molar-refractivity contribution is -0.118. The van der Waals surface area contributed by atoms with Crippen molar-refractivity contribution in [3.63, 3.8) is 0 Å².